The summed E-state index contributed by atoms with van der Waals surface area (Å²) in [5, 5.41) is 4.85. The molecule has 0 spiro atoms. The fourth-order valence-corrected chi connectivity index (χ4v) is 5.72. The Morgan fingerprint density at radius 2 is 1.71 bits per heavy atom. The maximum absolute atomic E-state index is 13.4. The van der Waals surface area contributed by atoms with Crippen molar-refractivity contribution in [3.05, 3.63) is 63.1 Å². The fourth-order valence-electron chi connectivity index (χ4n) is 4.23. The summed E-state index contributed by atoms with van der Waals surface area (Å²) >= 11 is 20.5. The lowest BCUT2D eigenvalue weighted by Crippen LogP contribution is -2.51. The zero-order valence-corrected chi connectivity index (χ0v) is 22.5. The molecule has 0 aliphatic heterocycles. The largest absolute Gasteiger partial charge is 0.352 e. The lowest BCUT2D eigenvalue weighted by Gasteiger charge is -2.32. The standard InChI is InChI=1S/C26H31Cl3N2O2S/c1-2-24(26(33)30-19-7-3-4-8-19)31(17-21-22(28)9-5-10-23(21)29)25(32)11-6-16-34-20-14-12-18(27)13-15-20/h5,9-10,12-15,19,24H,2-4,6-8,11,16-17H2,1H3,(H,30,33)/t24-/m0/s1. The molecule has 0 saturated heterocycles. The van der Waals surface area contributed by atoms with Crippen molar-refractivity contribution in [1.29, 1.82) is 0 Å². The second-order valence-corrected chi connectivity index (χ2v) is 11.0. The van der Waals surface area contributed by atoms with E-state index in [-0.39, 0.29) is 24.4 Å². The summed E-state index contributed by atoms with van der Waals surface area (Å²) in [6.07, 6.45) is 5.81. The lowest BCUT2D eigenvalue weighted by molar-refractivity contribution is -0.141. The highest BCUT2D eigenvalue weighted by Crippen LogP contribution is 2.28. The number of hydrogen-bond donors (Lipinski definition) is 1. The average molecular weight is 542 g/mol. The zero-order chi connectivity index (χ0) is 24.5. The number of thioether (sulfide) groups is 1. The van der Waals surface area contributed by atoms with Crippen LogP contribution in [-0.4, -0.2) is 34.6 Å². The van der Waals surface area contributed by atoms with Crippen LogP contribution in [0.4, 0.5) is 0 Å². The fraction of sp³-hybridized carbons (Fsp3) is 0.462. The van der Waals surface area contributed by atoms with Gasteiger partial charge < -0.3 is 10.2 Å². The van der Waals surface area contributed by atoms with Crippen LogP contribution < -0.4 is 5.32 Å². The van der Waals surface area contributed by atoms with Crippen LogP contribution in [-0.2, 0) is 16.1 Å². The van der Waals surface area contributed by atoms with E-state index in [0.29, 0.717) is 39.9 Å². The molecule has 184 valence electrons. The van der Waals surface area contributed by atoms with Gasteiger partial charge in [-0.3, -0.25) is 9.59 Å². The van der Waals surface area contributed by atoms with E-state index >= 15 is 0 Å². The smallest absolute Gasteiger partial charge is 0.243 e. The summed E-state index contributed by atoms with van der Waals surface area (Å²) in [5.41, 5.74) is 0.668. The van der Waals surface area contributed by atoms with Gasteiger partial charge in [-0.25, -0.2) is 0 Å². The van der Waals surface area contributed by atoms with E-state index in [2.05, 4.69) is 5.32 Å². The summed E-state index contributed by atoms with van der Waals surface area (Å²) in [5.74, 6) is 0.627. The normalized spacial score (nSPS) is 14.7. The van der Waals surface area contributed by atoms with Crippen LogP contribution >= 0.6 is 46.6 Å². The quantitative estimate of drug-likeness (QED) is 0.238. The van der Waals surface area contributed by atoms with E-state index in [9.17, 15) is 9.59 Å². The van der Waals surface area contributed by atoms with Gasteiger partial charge in [-0.1, -0.05) is 60.6 Å². The summed E-state index contributed by atoms with van der Waals surface area (Å²) in [4.78, 5) is 29.4. The molecule has 8 heteroatoms. The van der Waals surface area contributed by atoms with E-state index in [0.717, 1.165) is 36.3 Å². The molecule has 34 heavy (non-hydrogen) atoms. The van der Waals surface area contributed by atoms with Crippen LogP contribution in [0.1, 0.15) is 57.4 Å². The third-order valence-corrected chi connectivity index (χ3v) is 8.15. The van der Waals surface area contributed by atoms with Crippen molar-refractivity contribution in [3.63, 3.8) is 0 Å². The molecule has 2 aromatic rings. The molecule has 3 rings (SSSR count). The first-order chi connectivity index (χ1) is 16.4. The molecular formula is C26H31Cl3N2O2S. The highest BCUT2D eigenvalue weighted by molar-refractivity contribution is 7.99. The van der Waals surface area contributed by atoms with Gasteiger partial charge in [0, 0.05) is 44.5 Å². The van der Waals surface area contributed by atoms with Crippen molar-refractivity contribution < 1.29 is 9.59 Å². The second-order valence-electron chi connectivity index (χ2n) is 8.54. The lowest BCUT2D eigenvalue weighted by atomic mass is 10.1. The second kappa shape index (κ2) is 13.6. The maximum Gasteiger partial charge on any atom is 0.243 e. The summed E-state index contributed by atoms with van der Waals surface area (Å²) < 4.78 is 0. The van der Waals surface area contributed by atoms with Crippen molar-refractivity contribution in [3.8, 4) is 0 Å². The minimum absolute atomic E-state index is 0.0684. The van der Waals surface area contributed by atoms with Crippen LogP contribution in [0.2, 0.25) is 15.1 Å². The summed E-state index contributed by atoms with van der Waals surface area (Å²) in [6.45, 7) is 2.14. The predicted octanol–water partition coefficient (Wildman–Crippen LogP) is 7.39. The van der Waals surface area contributed by atoms with Crippen molar-refractivity contribution in [2.75, 3.05) is 5.75 Å². The molecule has 1 fully saturated rings. The molecule has 1 aliphatic carbocycles. The molecule has 0 heterocycles. The Hall–Kier alpha value is -1.40. The molecule has 0 unspecified atom stereocenters. The van der Waals surface area contributed by atoms with Crippen molar-refractivity contribution in [1.82, 2.24) is 10.2 Å². The Morgan fingerprint density at radius 1 is 1.06 bits per heavy atom. The number of rotatable bonds is 11. The first kappa shape index (κ1) is 27.2. The van der Waals surface area contributed by atoms with Gasteiger partial charge >= 0.3 is 0 Å². The molecule has 0 radical (unpaired) electrons. The highest BCUT2D eigenvalue weighted by Gasteiger charge is 2.31. The van der Waals surface area contributed by atoms with E-state index in [1.54, 1.807) is 34.9 Å². The minimum atomic E-state index is -0.565. The number of hydrogen-bond acceptors (Lipinski definition) is 3. The number of amides is 2. The van der Waals surface area contributed by atoms with Crippen LogP contribution in [0.15, 0.2) is 47.4 Å². The first-order valence-electron chi connectivity index (χ1n) is 11.8. The number of benzene rings is 2. The van der Waals surface area contributed by atoms with Crippen LogP contribution in [0.25, 0.3) is 0 Å². The van der Waals surface area contributed by atoms with Crippen molar-refractivity contribution in [2.24, 2.45) is 0 Å². The van der Waals surface area contributed by atoms with Crippen molar-refractivity contribution >= 4 is 58.4 Å². The summed E-state index contributed by atoms with van der Waals surface area (Å²) in [7, 11) is 0. The average Bonchev–Trinajstić information content (AvgIpc) is 3.32. The van der Waals surface area contributed by atoms with Crippen molar-refractivity contribution in [2.45, 2.75) is 75.4 Å². The Bertz CT molecular complexity index is 945. The maximum atomic E-state index is 13.4. The molecule has 1 aliphatic rings. The summed E-state index contributed by atoms with van der Waals surface area (Å²) in [6, 6.07) is 12.6. The molecule has 0 aromatic heterocycles. The van der Waals surface area contributed by atoms with E-state index in [4.69, 9.17) is 34.8 Å². The van der Waals surface area contributed by atoms with E-state index in [1.165, 1.54) is 0 Å². The van der Waals surface area contributed by atoms with Crippen LogP contribution in [0, 0.1) is 0 Å². The molecule has 2 aromatic carbocycles. The Balaban J connectivity index is 1.69. The van der Waals surface area contributed by atoms with E-state index < -0.39 is 6.04 Å². The van der Waals surface area contributed by atoms with Gasteiger partial charge in [0.25, 0.3) is 0 Å². The van der Waals surface area contributed by atoms with Crippen LogP contribution in [0.3, 0.4) is 0 Å². The molecule has 4 nitrogen and oxygen atoms in total. The van der Waals surface area contributed by atoms with Gasteiger partial charge in [-0.2, -0.15) is 0 Å². The molecule has 2 amide bonds. The van der Waals surface area contributed by atoms with E-state index in [1.807, 2.05) is 31.2 Å². The highest BCUT2D eigenvalue weighted by atomic mass is 35.5. The number of carbonyl (C=O) groups is 2. The monoisotopic (exact) mass is 540 g/mol. The number of nitrogens with one attached hydrogen (secondary N) is 1. The molecular weight excluding hydrogens is 511 g/mol. The minimum Gasteiger partial charge on any atom is -0.352 e. The Labute approximate surface area is 221 Å². The molecule has 0 bridgehead atoms. The molecule has 1 saturated carbocycles. The first-order valence-corrected chi connectivity index (χ1v) is 13.9. The van der Waals surface area contributed by atoms with Gasteiger partial charge in [0.05, 0.1) is 0 Å². The van der Waals surface area contributed by atoms with Gasteiger partial charge in [0.2, 0.25) is 11.8 Å². The topological polar surface area (TPSA) is 49.4 Å². The SMILES string of the molecule is CC[C@@H](C(=O)NC1CCCC1)N(Cc1c(Cl)cccc1Cl)C(=O)CCCSc1ccc(Cl)cc1. The Morgan fingerprint density at radius 3 is 2.32 bits per heavy atom. The zero-order valence-electron chi connectivity index (χ0n) is 19.4. The van der Waals surface area contributed by atoms with Gasteiger partial charge in [0.15, 0.2) is 0 Å². The number of nitrogens with zero attached hydrogens (tertiary/aromatic N) is 1. The van der Waals surface area contributed by atoms with Crippen LogP contribution in [0.5, 0.6) is 0 Å². The Kier molecular flexibility index (Phi) is 10.9. The molecule has 1 N–H and O–H groups in total. The number of carbonyl (C=O) groups excluding carboxylic acids is 2. The number of halogens is 3. The van der Waals surface area contributed by atoms with Gasteiger partial charge in [0.1, 0.15) is 6.04 Å². The molecule has 1 atom stereocenters. The van der Waals surface area contributed by atoms with Gasteiger partial charge in [-0.15, -0.1) is 11.8 Å². The predicted molar refractivity (Wildman–Crippen MR) is 143 cm³/mol. The van der Waals surface area contributed by atoms with Gasteiger partial charge in [-0.05, 0) is 67.8 Å². The third-order valence-electron chi connectivity index (χ3n) is 6.09. The third kappa shape index (κ3) is 7.81.